The molecule has 2 rings (SSSR count). The topological polar surface area (TPSA) is 17.1 Å². The SMILES string of the molecule is CC(=O)c1ccc(F)cc1-c1sccc1Br. The van der Waals surface area contributed by atoms with Gasteiger partial charge in [0.15, 0.2) is 5.78 Å². The molecule has 1 aromatic carbocycles. The first-order valence-electron chi connectivity index (χ1n) is 4.63. The summed E-state index contributed by atoms with van der Waals surface area (Å²) in [5.41, 5.74) is 1.19. The van der Waals surface area contributed by atoms with E-state index in [2.05, 4.69) is 15.9 Å². The van der Waals surface area contributed by atoms with Crippen LogP contribution in [0.3, 0.4) is 0 Å². The number of benzene rings is 1. The number of Topliss-reactive ketones (excluding diaryl/α,β-unsaturated/α-hetero) is 1. The minimum absolute atomic E-state index is 0.0599. The normalized spacial score (nSPS) is 10.4. The van der Waals surface area contributed by atoms with Crippen LogP contribution in [0.1, 0.15) is 17.3 Å². The first kappa shape index (κ1) is 11.5. The molecule has 1 aromatic heterocycles. The predicted molar refractivity (Wildman–Crippen MR) is 67.4 cm³/mol. The summed E-state index contributed by atoms with van der Waals surface area (Å²) in [6.45, 7) is 1.48. The molecule has 0 aliphatic rings. The molecule has 0 spiro atoms. The maximum Gasteiger partial charge on any atom is 0.160 e. The van der Waals surface area contributed by atoms with Gasteiger partial charge in [0.1, 0.15) is 5.82 Å². The Kier molecular flexibility index (Phi) is 3.21. The van der Waals surface area contributed by atoms with Crippen molar-refractivity contribution in [2.75, 3.05) is 0 Å². The Morgan fingerprint density at radius 3 is 2.69 bits per heavy atom. The number of ketones is 1. The molecular weight excluding hydrogens is 291 g/mol. The highest BCUT2D eigenvalue weighted by atomic mass is 79.9. The van der Waals surface area contributed by atoms with Crippen molar-refractivity contribution in [3.63, 3.8) is 0 Å². The zero-order valence-corrected chi connectivity index (χ0v) is 10.9. The highest BCUT2D eigenvalue weighted by molar-refractivity contribution is 9.10. The molecule has 0 unspecified atom stereocenters. The summed E-state index contributed by atoms with van der Waals surface area (Å²) in [5, 5.41) is 1.90. The molecule has 0 radical (unpaired) electrons. The van der Waals surface area contributed by atoms with Crippen molar-refractivity contribution in [2.24, 2.45) is 0 Å². The quantitative estimate of drug-likeness (QED) is 0.745. The second-order valence-corrected chi connectivity index (χ2v) is 5.11. The van der Waals surface area contributed by atoms with Crippen LogP contribution in [0, 0.1) is 5.82 Å². The molecule has 0 fully saturated rings. The third-order valence-corrected chi connectivity index (χ3v) is 4.09. The van der Waals surface area contributed by atoms with Crippen LogP contribution < -0.4 is 0 Å². The van der Waals surface area contributed by atoms with Crippen LogP contribution in [0.15, 0.2) is 34.1 Å². The van der Waals surface area contributed by atoms with Crippen molar-refractivity contribution in [3.05, 3.63) is 45.5 Å². The van der Waals surface area contributed by atoms with Gasteiger partial charge in [-0.15, -0.1) is 11.3 Å². The van der Waals surface area contributed by atoms with E-state index in [1.54, 1.807) is 0 Å². The number of hydrogen-bond donors (Lipinski definition) is 0. The number of thiophene rings is 1. The van der Waals surface area contributed by atoms with E-state index in [9.17, 15) is 9.18 Å². The molecule has 1 nitrogen and oxygen atoms in total. The van der Waals surface area contributed by atoms with E-state index in [-0.39, 0.29) is 11.6 Å². The van der Waals surface area contributed by atoms with Crippen molar-refractivity contribution in [2.45, 2.75) is 6.92 Å². The predicted octanol–water partition coefficient (Wildman–Crippen LogP) is 4.52. The summed E-state index contributed by atoms with van der Waals surface area (Å²) in [6, 6.07) is 6.11. The van der Waals surface area contributed by atoms with Gasteiger partial charge in [0.25, 0.3) is 0 Å². The Morgan fingerprint density at radius 2 is 2.12 bits per heavy atom. The first-order valence-corrected chi connectivity index (χ1v) is 6.30. The third-order valence-electron chi connectivity index (χ3n) is 2.22. The van der Waals surface area contributed by atoms with Crippen molar-refractivity contribution in [1.29, 1.82) is 0 Å². The number of hydrogen-bond acceptors (Lipinski definition) is 2. The van der Waals surface area contributed by atoms with Gasteiger partial charge in [0.2, 0.25) is 0 Å². The average molecular weight is 299 g/mol. The maximum atomic E-state index is 13.2. The highest BCUT2D eigenvalue weighted by Crippen LogP contribution is 2.36. The molecule has 16 heavy (non-hydrogen) atoms. The summed E-state index contributed by atoms with van der Waals surface area (Å²) in [4.78, 5) is 12.3. The Labute approximate surface area is 105 Å². The lowest BCUT2D eigenvalue weighted by molar-refractivity contribution is 0.101. The molecule has 0 atom stereocenters. The van der Waals surface area contributed by atoms with Crippen LogP contribution in [0.25, 0.3) is 10.4 Å². The molecule has 4 heteroatoms. The number of rotatable bonds is 2. The minimum atomic E-state index is -0.333. The Bertz CT molecular complexity index is 548. The van der Waals surface area contributed by atoms with E-state index in [1.807, 2.05) is 11.4 Å². The van der Waals surface area contributed by atoms with E-state index in [4.69, 9.17) is 0 Å². The molecule has 0 aliphatic heterocycles. The smallest absolute Gasteiger partial charge is 0.160 e. The third kappa shape index (κ3) is 2.08. The fourth-order valence-corrected chi connectivity index (χ4v) is 3.12. The lowest BCUT2D eigenvalue weighted by Gasteiger charge is -2.05. The lowest BCUT2D eigenvalue weighted by Crippen LogP contribution is -1.96. The van der Waals surface area contributed by atoms with E-state index in [0.717, 1.165) is 9.35 Å². The summed E-state index contributed by atoms with van der Waals surface area (Å²) in [5.74, 6) is -0.393. The molecule has 0 aliphatic carbocycles. The van der Waals surface area contributed by atoms with E-state index < -0.39 is 0 Å². The summed E-state index contributed by atoms with van der Waals surface area (Å²) >= 11 is 4.86. The average Bonchev–Trinajstić information content (AvgIpc) is 2.63. The van der Waals surface area contributed by atoms with E-state index in [1.165, 1.54) is 36.5 Å². The summed E-state index contributed by atoms with van der Waals surface area (Å²) in [7, 11) is 0. The van der Waals surface area contributed by atoms with Gasteiger partial charge in [0, 0.05) is 20.5 Å². The van der Waals surface area contributed by atoms with Crippen LogP contribution in [0.5, 0.6) is 0 Å². The van der Waals surface area contributed by atoms with Gasteiger partial charge in [-0.2, -0.15) is 0 Å². The minimum Gasteiger partial charge on any atom is -0.294 e. The second kappa shape index (κ2) is 4.47. The maximum absolute atomic E-state index is 13.2. The molecule has 0 amide bonds. The van der Waals surface area contributed by atoms with Crippen LogP contribution in [-0.4, -0.2) is 5.78 Å². The zero-order chi connectivity index (χ0) is 11.7. The molecule has 0 bridgehead atoms. The van der Waals surface area contributed by atoms with Gasteiger partial charge in [-0.1, -0.05) is 0 Å². The number of halogens is 2. The second-order valence-electron chi connectivity index (χ2n) is 3.34. The number of carbonyl (C=O) groups is 1. The van der Waals surface area contributed by atoms with E-state index >= 15 is 0 Å². The Hall–Kier alpha value is -1.00. The fraction of sp³-hybridized carbons (Fsp3) is 0.0833. The Balaban J connectivity index is 2.67. The van der Waals surface area contributed by atoms with Gasteiger partial charge in [-0.3, -0.25) is 4.79 Å². The number of carbonyl (C=O) groups excluding carboxylic acids is 1. The van der Waals surface area contributed by atoms with Crippen molar-refractivity contribution >= 4 is 33.0 Å². The molecule has 0 saturated carbocycles. The fourth-order valence-electron chi connectivity index (χ4n) is 1.50. The van der Waals surface area contributed by atoms with Crippen LogP contribution >= 0.6 is 27.3 Å². The van der Waals surface area contributed by atoms with Gasteiger partial charge in [-0.05, 0) is 52.5 Å². The standard InChI is InChI=1S/C12H8BrFOS/c1-7(15)9-3-2-8(14)6-10(9)12-11(13)4-5-16-12/h2-6H,1H3. The molecular formula is C12H8BrFOS. The van der Waals surface area contributed by atoms with Crippen molar-refractivity contribution < 1.29 is 9.18 Å². The first-order chi connectivity index (χ1) is 7.59. The molecule has 0 N–H and O–H groups in total. The monoisotopic (exact) mass is 298 g/mol. The lowest BCUT2D eigenvalue weighted by atomic mass is 10.0. The molecule has 0 saturated heterocycles. The van der Waals surface area contributed by atoms with Gasteiger partial charge in [0.05, 0.1) is 0 Å². The Morgan fingerprint density at radius 1 is 1.38 bits per heavy atom. The zero-order valence-electron chi connectivity index (χ0n) is 8.46. The molecule has 1 heterocycles. The summed E-state index contributed by atoms with van der Waals surface area (Å²) in [6.07, 6.45) is 0. The van der Waals surface area contributed by atoms with Crippen molar-refractivity contribution in [3.8, 4) is 10.4 Å². The van der Waals surface area contributed by atoms with Gasteiger partial charge in [-0.25, -0.2) is 4.39 Å². The largest absolute Gasteiger partial charge is 0.294 e. The molecule has 2 aromatic rings. The van der Waals surface area contributed by atoms with Crippen LogP contribution in [0.4, 0.5) is 4.39 Å². The summed E-state index contributed by atoms with van der Waals surface area (Å²) < 4.78 is 14.1. The van der Waals surface area contributed by atoms with Crippen LogP contribution in [-0.2, 0) is 0 Å². The van der Waals surface area contributed by atoms with Crippen molar-refractivity contribution in [1.82, 2.24) is 0 Å². The van der Waals surface area contributed by atoms with Crippen LogP contribution in [0.2, 0.25) is 0 Å². The highest BCUT2D eigenvalue weighted by Gasteiger charge is 2.13. The van der Waals surface area contributed by atoms with Gasteiger partial charge < -0.3 is 0 Å². The van der Waals surface area contributed by atoms with E-state index in [0.29, 0.717) is 11.1 Å². The van der Waals surface area contributed by atoms with Gasteiger partial charge >= 0.3 is 0 Å². The molecule has 82 valence electrons.